The van der Waals surface area contributed by atoms with Gasteiger partial charge in [0.25, 0.3) is 0 Å². The number of hydrogen-bond acceptors (Lipinski definition) is 1. The van der Waals surface area contributed by atoms with Crippen molar-refractivity contribution < 1.29 is 0 Å². The average Bonchev–Trinajstić information content (AvgIpc) is 2.48. The maximum absolute atomic E-state index is 5.89. The molecule has 0 aliphatic carbocycles. The smallest absolute Gasteiger partial charge is 0.188 e. The Kier molecular flexibility index (Phi) is 9.63. The zero-order valence-corrected chi connectivity index (χ0v) is 15.2. The Morgan fingerprint density at radius 1 is 1.15 bits per heavy atom. The Morgan fingerprint density at radius 2 is 1.75 bits per heavy atom. The van der Waals surface area contributed by atoms with Gasteiger partial charge in [0, 0.05) is 12.0 Å². The van der Waals surface area contributed by atoms with E-state index >= 15 is 0 Å². The van der Waals surface area contributed by atoms with Crippen LogP contribution < -0.4 is 11.1 Å². The van der Waals surface area contributed by atoms with Crippen molar-refractivity contribution in [3.63, 3.8) is 0 Å². The van der Waals surface area contributed by atoms with Gasteiger partial charge in [0.1, 0.15) is 0 Å². The molecule has 0 saturated carbocycles. The monoisotopic (exact) mass is 389 g/mol. The van der Waals surface area contributed by atoms with Crippen LogP contribution in [0.4, 0.5) is 0 Å². The van der Waals surface area contributed by atoms with E-state index in [0.717, 1.165) is 32.4 Å². The van der Waals surface area contributed by atoms with Gasteiger partial charge in [0.2, 0.25) is 0 Å². The maximum atomic E-state index is 5.89. The first-order valence-corrected chi connectivity index (χ1v) is 7.27. The summed E-state index contributed by atoms with van der Waals surface area (Å²) in [7, 11) is 0. The molecule has 0 aliphatic rings. The van der Waals surface area contributed by atoms with Crippen LogP contribution in [0.25, 0.3) is 0 Å². The zero-order valence-electron chi connectivity index (χ0n) is 12.9. The third-order valence-electron chi connectivity index (χ3n) is 3.85. The second kappa shape index (κ2) is 10.0. The molecule has 114 valence electrons. The summed E-state index contributed by atoms with van der Waals surface area (Å²) < 4.78 is 0. The molecule has 3 N–H and O–H groups in total. The standard InChI is InChI=1S/C16H27N3.HI/c1-4-12-18-15(17)19-13-16(5-2,6-3)14-10-8-7-9-11-14;/h7-11H,4-6,12-13H2,1-3H3,(H3,17,18,19);1H. The van der Waals surface area contributed by atoms with Crippen molar-refractivity contribution >= 4 is 29.9 Å². The summed E-state index contributed by atoms with van der Waals surface area (Å²) in [6, 6.07) is 10.6. The van der Waals surface area contributed by atoms with Crippen LogP contribution in [0.2, 0.25) is 0 Å². The number of halogens is 1. The van der Waals surface area contributed by atoms with Gasteiger partial charge in [-0.25, -0.2) is 0 Å². The van der Waals surface area contributed by atoms with Gasteiger partial charge in [-0.1, -0.05) is 51.1 Å². The van der Waals surface area contributed by atoms with Crippen LogP contribution in [0.3, 0.4) is 0 Å². The molecule has 1 aromatic carbocycles. The van der Waals surface area contributed by atoms with E-state index in [1.807, 2.05) is 0 Å². The van der Waals surface area contributed by atoms with Crippen molar-refractivity contribution in [2.45, 2.75) is 45.4 Å². The van der Waals surface area contributed by atoms with Crippen LogP contribution >= 0.6 is 24.0 Å². The molecule has 1 aromatic rings. The number of nitrogens with zero attached hydrogens (tertiary/aromatic N) is 1. The molecule has 0 atom stereocenters. The number of nitrogens with one attached hydrogen (secondary N) is 1. The van der Waals surface area contributed by atoms with Crippen LogP contribution in [0.5, 0.6) is 0 Å². The fourth-order valence-corrected chi connectivity index (χ4v) is 2.31. The molecule has 0 fully saturated rings. The quantitative estimate of drug-likeness (QED) is 0.425. The van der Waals surface area contributed by atoms with Crippen molar-refractivity contribution in [3.05, 3.63) is 35.9 Å². The molecular formula is C16H28IN3. The molecular weight excluding hydrogens is 361 g/mol. The molecule has 0 unspecified atom stereocenters. The second-order valence-electron chi connectivity index (χ2n) is 4.98. The third kappa shape index (κ3) is 5.31. The first-order valence-electron chi connectivity index (χ1n) is 7.27. The molecule has 0 saturated heterocycles. The predicted octanol–water partition coefficient (Wildman–Crippen LogP) is 3.68. The summed E-state index contributed by atoms with van der Waals surface area (Å²) in [4.78, 5) is 4.54. The lowest BCUT2D eigenvalue weighted by atomic mass is 9.76. The van der Waals surface area contributed by atoms with Gasteiger partial charge in [-0.2, -0.15) is 0 Å². The van der Waals surface area contributed by atoms with Crippen molar-refractivity contribution in [1.29, 1.82) is 0 Å². The van der Waals surface area contributed by atoms with E-state index in [0.29, 0.717) is 5.96 Å². The lowest BCUT2D eigenvalue weighted by Gasteiger charge is -2.30. The minimum atomic E-state index is 0. The van der Waals surface area contributed by atoms with Gasteiger partial charge < -0.3 is 11.1 Å². The van der Waals surface area contributed by atoms with Gasteiger partial charge in [0.05, 0.1) is 6.54 Å². The summed E-state index contributed by atoms with van der Waals surface area (Å²) in [6.45, 7) is 8.19. The SMILES string of the molecule is CCCNC(N)=NCC(CC)(CC)c1ccccc1.I. The number of nitrogens with two attached hydrogens (primary N) is 1. The molecule has 1 rings (SSSR count). The topological polar surface area (TPSA) is 50.4 Å². The molecule has 4 heteroatoms. The lowest BCUT2D eigenvalue weighted by Crippen LogP contribution is -2.35. The number of hydrogen-bond donors (Lipinski definition) is 2. The van der Waals surface area contributed by atoms with Gasteiger partial charge in [-0.15, -0.1) is 24.0 Å². The van der Waals surface area contributed by atoms with E-state index < -0.39 is 0 Å². The minimum absolute atomic E-state index is 0. The van der Waals surface area contributed by atoms with Crippen molar-refractivity contribution in [2.24, 2.45) is 10.7 Å². The van der Waals surface area contributed by atoms with E-state index in [2.05, 4.69) is 61.4 Å². The largest absolute Gasteiger partial charge is 0.370 e. The zero-order chi connectivity index (χ0) is 14.1. The number of benzene rings is 1. The Morgan fingerprint density at radius 3 is 2.25 bits per heavy atom. The van der Waals surface area contributed by atoms with Gasteiger partial charge in [-0.05, 0) is 24.8 Å². The van der Waals surface area contributed by atoms with Crippen LogP contribution in [-0.4, -0.2) is 19.0 Å². The van der Waals surface area contributed by atoms with Gasteiger partial charge in [0.15, 0.2) is 5.96 Å². The molecule has 20 heavy (non-hydrogen) atoms. The van der Waals surface area contributed by atoms with Gasteiger partial charge >= 0.3 is 0 Å². The third-order valence-corrected chi connectivity index (χ3v) is 3.85. The van der Waals surface area contributed by atoms with E-state index in [1.54, 1.807) is 0 Å². The Balaban J connectivity index is 0.00000361. The number of guanidine groups is 1. The summed E-state index contributed by atoms with van der Waals surface area (Å²) in [5.41, 5.74) is 7.34. The Hall–Kier alpha value is -0.780. The highest BCUT2D eigenvalue weighted by molar-refractivity contribution is 14.0. The molecule has 3 nitrogen and oxygen atoms in total. The number of rotatable bonds is 7. The van der Waals surface area contributed by atoms with Gasteiger partial charge in [-0.3, -0.25) is 4.99 Å². The van der Waals surface area contributed by atoms with E-state index in [-0.39, 0.29) is 29.4 Å². The van der Waals surface area contributed by atoms with Crippen LogP contribution in [0, 0.1) is 0 Å². The highest BCUT2D eigenvalue weighted by Gasteiger charge is 2.27. The average molecular weight is 389 g/mol. The molecule has 0 amide bonds. The molecule has 0 radical (unpaired) electrons. The summed E-state index contributed by atoms with van der Waals surface area (Å²) in [5, 5.41) is 3.13. The Labute approximate surface area is 140 Å². The Bertz CT molecular complexity index is 386. The summed E-state index contributed by atoms with van der Waals surface area (Å²) in [5.74, 6) is 0.559. The van der Waals surface area contributed by atoms with Crippen molar-refractivity contribution in [1.82, 2.24) is 5.32 Å². The first kappa shape index (κ1) is 19.2. The lowest BCUT2D eigenvalue weighted by molar-refractivity contribution is 0.407. The van der Waals surface area contributed by atoms with Crippen LogP contribution in [0.15, 0.2) is 35.3 Å². The molecule has 0 heterocycles. The minimum Gasteiger partial charge on any atom is -0.370 e. The fraction of sp³-hybridized carbons (Fsp3) is 0.562. The van der Waals surface area contributed by atoms with E-state index in [4.69, 9.17) is 5.73 Å². The van der Waals surface area contributed by atoms with E-state index in [1.165, 1.54) is 5.56 Å². The predicted molar refractivity (Wildman–Crippen MR) is 98.9 cm³/mol. The van der Waals surface area contributed by atoms with E-state index in [9.17, 15) is 0 Å². The van der Waals surface area contributed by atoms with Crippen molar-refractivity contribution in [2.75, 3.05) is 13.1 Å². The van der Waals surface area contributed by atoms with Crippen molar-refractivity contribution in [3.8, 4) is 0 Å². The summed E-state index contributed by atoms with van der Waals surface area (Å²) >= 11 is 0. The summed E-state index contributed by atoms with van der Waals surface area (Å²) in [6.07, 6.45) is 3.19. The maximum Gasteiger partial charge on any atom is 0.188 e. The highest BCUT2D eigenvalue weighted by Crippen LogP contribution is 2.31. The number of aliphatic imine (C=N–C) groups is 1. The van der Waals surface area contributed by atoms with Crippen LogP contribution in [0.1, 0.15) is 45.6 Å². The molecule has 0 spiro atoms. The van der Waals surface area contributed by atoms with Crippen LogP contribution in [-0.2, 0) is 5.41 Å². The normalized spacial score (nSPS) is 11.8. The fourth-order valence-electron chi connectivity index (χ4n) is 2.31. The molecule has 0 aromatic heterocycles. The molecule has 0 aliphatic heterocycles. The molecule has 0 bridgehead atoms. The second-order valence-corrected chi connectivity index (χ2v) is 4.98. The first-order chi connectivity index (χ1) is 9.18. The highest BCUT2D eigenvalue weighted by atomic mass is 127.